The summed E-state index contributed by atoms with van der Waals surface area (Å²) in [5.74, 6) is 0.948. The van der Waals surface area contributed by atoms with Gasteiger partial charge in [-0.2, -0.15) is 0 Å². The molecule has 7 heteroatoms. The van der Waals surface area contributed by atoms with Crippen LogP contribution in [0.15, 0.2) is 29.6 Å². The summed E-state index contributed by atoms with van der Waals surface area (Å²) in [4.78, 5) is 21.6. The maximum absolute atomic E-state index is 12.5. The predicted octanol–water partition coefficient (Wildman–Crippen LogP) is 5.59. The molecule has 4 nitrogen and oxygen atoms in total. The van der Waals surface area contributed by atoms with Gasteiger partial charge in [0.2, 0.25) is 0 Å². The Labute approximate surface area is 153 Å². The molecule has 0 aliphatic rings. The second-order valence-corrected chi connectivity index (χ2v) is 7.07. The van der Waals surface area contributed by atoms with E-state index in [2.05, 4.69) is 22.2 Å². The van der Waals surface area contributed by atoms with Crippen molar-refractivity contribution in [3.8, 4) is 0 Å². The Morgan fingerprint density at radius 1 is 1.25 bits per heavy atom. The molecular weight excluding hydrogens is 365 g/mol. The molecule has 0 bridgehead atoms. The van der Waals surface area contributed by atoms with E-state index < -0.39 is 0 Å². The van der Waals surface area contributed by atoms with Crippen LogP contribution in [0.5, 0.6) is 0 Å². The van der Waals surface area contributed by atoms with E-state index in [9.17, 15) is 4.79 Å². The van der Waals surface area contributed by atoms with Crippen molar-refractivity contribution < 1.29 is 4.79 Å². The fourth-order valence-electron chi connectivity index (χ4n) is 2.29. The van der Waals surface area contributed by atoms with E-state index in [1.54, 1.807) is 18.2 Å². The number of carbonyl (C=O) groups is 1. The Morgan fingerprint density at radius 3 is 2.83 bits per heavy atom. The van der Waals surface area contributed by atoms with Gasteiger partial charge in [-0.3, -0.25) is 4.79 Å². The lowest BCUT2D eigenvalue weighted by Gasteiger charge is -2.09. The number of carbonyl (C=O) groups excluding carboxylic acids is 1. The summed E-state index contributed by atoms with van der Waals surface area (Å²) in [6, 6.07) is 6.72. The predicted molar refractivity (Wildman–Crippen MR) is 100 cm³/mol. The maximum Gasteiger partial charge on any atom is 0.258 e. The summed E-state index contributed by atoms with van der Waals surface area (Å²) >= 11 is 13.5. The number of hydrogen-bond donors (Lipinski definition) is 1. The molecule has 0 saturated heterocycles. The molecule has 2 aromatic heterocycles. The number of benzene rings is 1. The third kappa shape index (κ3) is 3.69. The largest absolute Gasteiger partial charge is 0.305 e. The van der Waals surface area contributed by atoms with Crippen LogP contribution in [-0.4, -0.2) is 15.9 Å². The van der Waals surface area contributed by atoms with E-state index in [0.29, 0.717) is 21.4 Å². The Balaban J connectivity index is 1.93. The maximum atomic E-state index is 12.5. The molecule has 3 aromatic rings. The van der Waals surface area contributed by atoms with Crippen molar-refractivity contribution in [1.82, 2.24) is 9.97 Å². The molecule has 0 saturated carbocycles. The molecule has 0 radical (unpaired) electrons. The molecule has 0 atom stereocenters. The summed E-state index contributed by atoms with van der Waals surface area (Å²) < 4.78 is 0.855. The number of nitrogens with one attached hydrogen (secondary N) is 1. The summed E-state index contributed by atoms with van der Waals surface area (Å²) in [6.45, 7) is 2.12. The molecule has 0 unspecified atom stereocenters. The van der Waals surface area contributed by atoms with E-state index in [0.717, 1.165) is 35.3 Å². The second-order valence-electron chi connectivity index (χ2n) is 5.31. The minimum atomic E-state index is -0.313. The van der Waals surface area contributed by atoms with Crippen LogP contribution in [0.2, 0.25) is 10.0 Å². The van der Waals surface area contributed by atoms with Gasteiger partial charge in [0.05, 0.1) is 20.8 Å². The van der Waals surface area contributed by atoms with Gasteiger partial charge in [-0.05, 0) is 36.1 Å². The number of nitrogens with zero attached hydrogens (tertiary/aromatic N) is 2. The summed E-state index contributed by atoms with van der Waals surface area (Å²) in [6.07, 6.45) is 2.85. The first-order valence-corrected chi connectivity index (χ1v) is 9.22. The third-order valence-electron chi connectivity index (χ3n) is 3.51. The molecule has 1 N–H and O–H groups in total. The van der Waals surface area contributed by atoms with Gasteiger partial charge in [0.25, 0.3) is 5.91 Å². The molecule has 0 fully saturated rings. The van der Waals surface area contributed by atoms with Crippen molar-refractivity contribution in [3.05, 3.63) is 51.1 Å². The lowest BCUT2D eigenvalue weighted by atomic mass is 10.2. The van der Waals surface area contributed by atoms with Crippen molar-refractivity contribution >= 4 is 56.5 Å². The molecule has 0 aliphatic heterocycles. The molecule has 24 heavy (non-hydrogen) atoms. The van der Waals surface area contributed by atoms with E-state index in [4.69, 9.17) is 23.2 Å². The number of halogens is 2. The molecular formula is C17H15Cl2N3OS. The van der Waals surface area contributed by atoms with E-state index in [1.807, 2.05) is 11.4 Å². The van der Waals surface area contributed by atoms with Gasteiger partial charge in [0, 0.05) is 11.4 Å². The van der Waals surface area contributed by atoms with Gasteiger partial charge in [0.1, 0.15) is 5.82 Å². The molecule has 124 valence electrons. The van der Waals surface area contributed by atoms with E-state index >= 15 is 0 Å². The monoisotopic (exact) mass is 379 g/mol. The molecule has 3 rings (SSSR count). The van der Waals surface area contributed by atoms with Crippen molar-refractivity contribution in [2.24, 2.45) is 0 Å². The van der Waals surface area contributed by atoms with Gasteiger partial charge in [-0.25, -0.2) is 9.97 Å². The number of aryl methyl sites for hydroxylation is 1. The number of unbranched alkanes of at least 4 members (excludes halogenated alkanes) is 1. The van der Waals surface area contributed by atoms with E-state index in [1.165, 1.54) is 11.3 Å². The Kier molecular flexibility index (Phi) is 5.33. The van der Waals surface area contributed by atoms with Crippen LogP contribution in [-0.2, 0) is 6.42 Å². The van der Waals surface area contributed by atoms with Crippen LogP contribution in [0.4, 0.5) is 5.82 Å². The zero-order chi connectivity index (χ0) is 17.1. The highest BCUT2D eigenvalue weighted by atomic mass is 35.5. The van der Waals surface area contributed by atoms with Crippen molar-refractivity contribution in [3.63, 3.8) is 0 Å². The standard InChI is InChI=1S/C17H15Cl2N3OS/c1-2-3-4-14-20-13-7-8-24-15(13)16(21-14)22-17(23)11-6-5-10(18)9-12(11)19/h5-9H,2-4H2,1H3,(H,20,21,22,23). The normalized spacial score (nSPS) is 11.0. The van der Waals surface area contributed by atoms with Gasteiger partial charge in [-0.15, -0.1) is 11.3 Å². The molecule has 1 aromatic carbocycles. The minimum Gasteiger partial charge on any atom is -0.305 e. The highest BCUT2D eigenvalue weighted by Crippen LogP contribution is 2.28. The van der Waals surface area contributed by atoms with Crippen LogP contribution in [0.3, 0.4) is 0 Å². The number of aromatic nitrogens is 2. The molecule has 2 heterocycles. The van der Waals surface area contributed by atoms with Crippen molar-refractivity contribution in [2.45, 2.75) is 26.2 Å². The molecule has 1 amide bonds. The zero-order valence-corrected chi connectivity index (χ0v) is 15.3. The fraction of sp³-hybridized carbons (Fsp3) is 0.235. The van der Waals surface area contributed by atoms with Crippen LogP contribution < -0.4 is 5.32 Å². The summed E-state index contributed by atoms with van der Waals surface area (Å²) in [5.41, 5.74) is 1.21. The third-order valence-corrected chi connectivity index (χ3v) is 4.97. The lowest BCUT2D eigenvalue weighted by Crippen LogP contribution is -2.14. The van der Waals surface area contributed by atoms with Gasteiger partial charge in [0.15, 0.2) is 5.82 Å². The highest BCUT2D eigenvalue weighted by Gasteiger charge is 2.15. The second kappa shape index (κ2) is 7.47. The number of hydrogen-bond acceptors (Lipinski definition) is 4. The topological polar surface area (TPSA) is 54.9 Å². The number of anilines is 1. The number of amides is 1. The van der Waals surface area contributed by atoms with Crippen molar-refractivity contribution in [2.75, 3.05) is 5.32 Å². The quantitative estimate of drug-likeness (QED) is 0.628. The van der Waals surface area contributed by atoms with Crippen LogP contribution in [0, 0.1) is 0 Å². The summed E-state index contributed by atoms with van der Waals surface area (Å²) in [5, 5.41) is 5.59. The molecule has 0 aliphatic carbocycles. The fourth-order valence-corrected chi connectivity index (χ4v) is 3.56. The van der Waals surface area contributed by atoms with Crippen LogP contribution in [0.25, 0.3) is 10.2 Å². The van der Waals surface area contributed by atoms with Gasteiger partial charge >= 0.3 is 0 Å². The minimum absolute atomic E-state index is 0.308. The number of fused-ring (bicyclic) bond motifs is 1. The SMILES string of the molecule is CCCCc1nc(NC(=O)c2ccc(Cl)cc2Cl)c2sccc2n1. The Bertz CT molecular complexity index is 895. The first kappa shape index (κ1) is 17.1. The average Bonchev–Trinajstić information content (AvgIpc) is 3.01. The van der Waals surface area contributed by atoms with Gasteiger partial charge < -0.3 is 5.32 Å². The Hall–Kier alpha value is -1.69. The van der Waals surface area contributed by atoms with E-state index in [-0.39, 0.29) is 5.91 Å². The lowest BCUT2D eigenvalue weighted by molar-refractivity contribution is 0.102. The van der Waals surface area contributed by atoms with Crippen LogP contribution >= 0.6 is 34.5 Å². The zero-order valence-electron chi connectivity index (χ0n) is 13.0. The van der Waals surface area contributed by atoms with Crippen molar-refractivity contribution in [1.29, 1.82) is 0 Å². The first-order chi connectivity index (χ1) is 11.6. The molecule has 0 spiro atoms. The number of thiophene rings is 1. The summed E-state index contributed by atoms with van der Waals surface area (Å²) in [7, 11) is 0. The number of rotatable bonds is 5. The van der Waals surface area contributed by atoms with Crippen LogP contribution in [0.1, 0.15) is 35.9 Å². The first-order valence-electron chi connectivity index (χ1n) is 7.59. The average molecular weight is 380 g/mol. The smallest absolute Gasteiger partial charge is 0.258 e. The van der Waals surface area contributed by atoms with Gasteiger partial charge in [-0.1, -0.05) is 36.5 Å². The highest BCUT2D eigenvalue weighted by molar-refractivity contribution is 7.17. The Morgan fingerprint density at radius 2 is 2.08 bits per heavy atom.